The van der Waals surface area contributed by atoms with Crippen LogP contribution in [0.2, 0.25) is 0 Å². The van der Waals surface area contributed by atoms with Crippen molar-refractivity contribution in [3.05, 3.63) is 108 Å². The molecule has 1 aliphatic rings. The lowest BCUT2D eigenvalue weighted by Crippen LogP contribution is -2.34. The van der Waals surface area contributed by atoms with Crippen LogP contribution in [-0.4, -0.2) is 39.1 Å². The molecule has 0 saturated carbocycles. The van der Waals surface area contributed by atoms with E-state index < -0.39 is 24.3 Å². The van der Waals surface area contributed by atoms with E-state index in [0.717, 1.165) is 39.3 Å². The number of ether oxygens (including phenoxy) is 2. The maximum Gasteiger partial charge on any atom is 0.187 e. The number of hydrogen-bond acceptors (Lipinski definition) is 6. The number of nitrogens with zero attached hydrogens (tertiary/aromatic N) is 1. The third kappa shape index (κ3) is 7.06. The molecule has 0 bridgehead atoms. The molecule has 4 aromatic rings. The summed E-state index contributed by atoms with van der Waals surface area (Å²) in [5, 5.41) is 21.2. The fraction of sp³-hybridized carbons (Fsp3) is 0.314. The van der Waals surface area contributed by atoms with Gasteiger partial charge >= 0.3 is 0 Å². The van der Waals surface area contributed by atoms with E-state index in [-0.39, 0.29) is 24.8 Å². The second kappa shape index (κ2) is 13.2. The van der Waals surface area contributed by atoms with Crippen LogP contribution in [0.3, 0.4) is 0 Å². The molecular formula is C35H39FN2O5. The maximum absolute atomic E-state index is 14.1. The topological polar surface area (TPSA) is 85.1 Å². The molecule has 7 nitrogen and oxygen atoms in total. The highest BCUT2D eigenvalue weighted by molar-refractivity contribution is 5.87. The van der Waals surface area contributed by atoms with Gasteiger partial charge in [-0.1, -0.05) is 68.5 Å². The van der Waals surface area contributed by atoms with Crippen LogP contribution in [0.15, 0.2) is 91.0 Å². The summed E-state index contributed by atoms with van der Waals surface area (Å²) < 4.78 is 27.3. The second-order valence-corrected chi connectivity index (χ2v) is 11.4. The van der Waals surface area contributed by atoms with E-state index in [1.165, 1.54) is 12.1 Å². The predicted molar refractivity (Wildman–Crippen MR) is 166 cm³/mol. The largest absolute Gasteiger partial charge is 0.390 e. The molecule has 8 heteroatoms. The van der Waals surface area contributed by atoms with Gasteiger partial charge in [0.25, 0.3) is 0 Å². The molecule has 3 N–H and O–H groups in total. The Hall–Kier alpha value is -3.79. The van der Waals surface area contributed by atoms with Gasteiger partial charge in [-0.05, 0) is 73.7 Å². The van der Waals surface area contributed by atoms with Crippen molar-refractivity contribution in [2.24, 2.45) is 0 Å². The highest BCUT2D eigenvalue weighted by Gasteiger charge is 2.43. The first kappa shape index (κ1) is 30.7. The van der Waals surface area contributed by atoms with Crippen molar-refractivity contribution in [3.63, 3.8) is 0 Å². The first-order valence-electron chi connectivity index (χ1n) is 14.5. The van der Waals surface area contributed by atoms with Crippen molar-refractivity contribution >= 4 is 11.9 Å². The summed E-state index contributed by atoms with van der Waals surface area (Å²) in [4.78, 5) is 6.08. The molecule has 1 saturated heterocycles. The van der Waals surface area contributed by atoms with Crippen LogP contribution in [0, 0.1) is 5.82 Å². The fourth-order valence-corrected chi connectivity index (χ4v) is 5.57. The van der Waals surface area contributed by atoms with E-state index in [1.54, 1.807) is 26.0 Å². The zero-order chi connectivity index (χ0) is 30.6. The average Bonchev–Trinajstić information content (AvgIpc) is 3.46. The van der Waals surface area contributed by atoms with Gasteiger partial charge < -0.3 is 24.3 Å². The van der Waals surface area contributed by atoms with Crippen molar-refractivity contribution < 1.29 is 28.9 Å². The van der Waals surface area contributed by atoms with Gasteiger partial charge in [0.15, 0.2) is 12.1 Å². The third-order valence-electron chi connectivity index (χ3n) is 7.37. The van der Waals surface area contributed by atoms with Gasteiger partial charge in [-0.25, -0.2) is 4.39 Å². The van der Waals surface area contributed by atoms with Crippen LogP contribution in [-0.2, 0) is 20.9 Å². The summed E-state index contributed by atoms with van der Waals surface area (Å²) in [7, 11) is 0. The number of aliphatic hydroxyl groups excluding tert-OH is 2. The van der Waals surface area contributed by atoms with Gasteiger partial charge in [0.2, 0.25) is 0 Å². The van der Waals surface area contributed by atoms with Crippen LogP contribution < -0.4 is 5.48 Å². The standard InChI is InChI=1S/C35H39FN2O5/c1-23(2)31-28(22-41-37-27-14-9-6-10-15-27)30(24-12-7-5-8-13-24)32(25-17-19-26(36)20-18-25)38(31)21-11-16-29(39)33-34(40)43-35(3,4)42-33/h5-15,17-21,23,29,33-34,37,39-40H,16,22H2,1-4H3/b21-11+. The van der Waals surface area contributed by atoms with Gasteiger partial charge in [0, 0.05) is 23.0 Å². The van der Waals surface area contributed by atoms with Crippen LogP contribution in [0.4, 0.5) is 10.1 Å². The number of aliphatic hydroxyl groups is 2. The van der Waals surface area contributed by atoms with Crippen molar-refractivity contribution in [1.82, 2.24) is 4.57 Å². The van der Waals surface area contributed by atoms with E-state index >= 15 is 0 Å². The molecule has 2 heterocycles. The summed E-state index contributed by atoms with van der Waals surface area (Å²) in [6.07, 6.45) is 0.890. The Morgan fingerprint density at radius 2 is 1.60 bits per heavy atom. The summed E-state index contributed by atoms with van der Waals surface area (Å²) in [6.45, 7) is 7.90. The van der Waals surface area contributed by atoms with Crippen LogP contribution in [0.25, 0.3) is 28.6 Å². The van der Waals surface area contributed by atoms with Crippen LogP contribution in [0.5, 0.6) is 0 Å². The molecule has 3 atom stereocenters. The summed E-state index contributed by atoms with van der Waals surface area (Å²) >= 11 is 0. The van der Waals surface area contributed by atoms with Crippen molar-refractivity contribution in [2.75, 3.05) is 5.48 Å². The number of para-hydroxylation sites is 1. The van der Waals surface area contributed by atoms with Gasteiger partial charge in [0.05, 0.1) is 17.5 Å². The lowest BCUT2D eigenvalue weighted by atomic mass is 9.95. The number of halogens is 1. The monoisotopic (exact) mass is 586 g/mol. The van der Waals surface area contributed by atoms with Gasteiger partial charge in [0.1, 0.15) is 18.5 Å². The quantitative estimate of drug-likeness (QED) is 0.160. The number of rotatable bonds is 11. The highest BCUT2D eigenvalue weighted by atomic mass is 19.1. The second-order valence-electron chi connectivity index (χ2n) is 11.4. The van der Waals surface area contributed by atoms with Gasteiger partial charge in [-0.3, -0.25) is 10.3 Å². The third-order valence-corrected chi connectivity index (χ3v) is 7.37. The smallest absolute Gasteiger partial charge is 0.187 e. The minimum atomic E-state index is -1.23. The lowest BCUT2D eigenvalue weighted by Gasteiger charge is -2.19. The Labute approximate surface area is 252 Å². The summed E-state index contributed by atoms with van der Waals surface area (Å²) in [6, 6.07) is 26.2. The Kier molecular flexibility index (Phi) is 9.44. The van der Waals surface area contributed by atoms with E-state index in [2.05, 4.69) is 36.0 Å². The van der Waals surface area contributed by atoms with Crippen LogP contribution >= 0.6 is 0 Å². The maximum atomic E-state index is 14.1. The number of nitrogens with one attached hydrogen (secondary N) is 1. The Balaban J connectivity index is 1.59. The van der Waals surface area contributed by atoms with Gasteiger partial charge in [-0.2, -0.15) is 0 Å². The molecule has 3 aromatic carbocycles. The van der Waals surface area contributed by atoms with E-state index in [4.69, 9.17) is 14.3 Å². The average molecular weight is 587 g/mol. The summed E-state index contributed by atoms with van der Waals surface area (Å²) in [5.41, 5.74) is 9.57. The molecule has 0 spiro atoms. The molecule has 3 unspecified atom stereocenters. The number of anilines is 1. The minimum Gasteiger partial charge on any atom is -0.390 e. The van der Waals surface area contributed by atoms with Gasteiger partial charge in [-0.15, -0.1) is 0 Å². The molecule has 1 aliphatic heterocycles. The molecule has 0 aliphatic carbocycles. The Morgan fingerprint density at radius 1 is 0.953 bits per heavy atom. The molecular weight excluding hydrogens is 547 g/mol. The van der Waals surface area contributed by atoms with Crippen LogP contribution in [0.1, 0.15) is 51.3 Å². The van der Waals surface area contributed by atoms with E-state index in [1.807, 2.05) is 60.8 Å². The van der Waals surface area contributed by atoms with Crippen molar-refractivity contribution in [1.29, 1.82) is 0 Å². The minimum absolute atomic E-state index is 0.0794. The number of hydrogen-bond donors (Lipinski definition) is 3. The highest BCUT2D eigenvalue weighted by Crippen LogP contribution is 2.43. The van der Waals surface area contributed by atoms with Crippen molar-refractivity contribution in [2.45, 2.75) is 70.9 Å². The predicted octanol–water partition coefficient (Wildman–Crippen LogP) is 7.32. The van der Waals surface area contributed by atoms with E-state index in [0.29, 0.717) is 0 Å². The molecule has 5 rings (SSSR count). The molecule has 43 heavy (non-hydrogen) atoms. The zero-order valence-electron chi connectivity index (χ0n) is 24.9. The first-order valence-corrected chi connectivity index (χ1v) is 14.5. The zero-order valence-corrected chi connectivity index (χ0v) is 24.9. The number of aromatic nitrogens is 1. The normalized spacial score (nSPS) is 18.9. The molecule has 0 radical (unpaired) electrons. The Bertz CT molecular complexity index is 1520. The van der Waals surface area contributed by atoms with Crippen molar-refractivity contribution in [3.8, 4) is 22.4 Å². The Morgan fingerprint density at radius 3 is 2.21 bits per heavy atom. The SMILES string of the molecule is CC(C)c1c(CONc2ccccc2)c(-c2ccccc2)c(-c2ccc(F)cc2)n1/C=C/CC(O)C1OC(C)(C)OC1O. The first-order chi connectivity index (χ1) is 20.6. The summed E-state index contributed by atoms with van der Waals surface area (Å²) in [5.74, 6) is -1.22. The molecule has 1 fully saturated rings. The number of benzene rings is 3. The fourth-order valence-electron chi connectivity index (χ4n) is 5.57. The molecule has 1 aromatic heterocycles. The molecule has 0 amide bonds. The molecule has 226 valence electrons. The lowest BCUT2D eigenvalue weighted by molar-refractivity contribution is -0.175. The van der Waals surface area contributed by atoms with E-state index in [9.17, 15) is 14.6 Å².